The van der Waals surface area contributed by atoms with Crippen LogP contribution in [0.1, 0.15) is 162 Å². The van der Waals surface area contributed by atoms with Gasteiger partial charge in [-0.25, -0.2) is 13.9 Å². The molecule has 0 bridgehead atoms. The standard InChI is InChI=1S/C50H83N3O16P2/c1-4-41(54)32-28-24-20-16-12-7-5-6-8-13-17-21-25-29-33-45(55)64-37-42(67-46(56)34-30-26-22-18-14-10-9-11-15-19-23-27-31-40(2)3)38-65-70(60,61)69-71(62,63)66-39-43-47(57)48(58)49(68-43)53-36-35-44(51)52-50(53)59/h6-8,12,17,20-21,24,28,32,35-36,40-43,47-49,54,57-58H,4-5,9-11,13-16,18-19,22-23,25-27,29-31,33-34,37-39H2,1-3H3,(H,60,61)(H,62,63)(H2,51,52,59)/b8-6-,12-7-,21-17-,24-20-,32-28+/t41-,42+,43+,47+,48+,49+/m0/s1. The van der Waals surface area contributed by atoms with Gasteiger partial charge in [-0.2, -0.15) is 9.29 Å². The molecular formula is C50H83N3O16P2. The minimum atomic E-state index is -5.44. The zero-order chi connectivity index (χ0) is 52.3. The maximum atomic E-state index is 12.9. The topological polar surface area (TPSA) is 286 Å². The highest BCUT2D eigenvalue weighted by molar-refractivity contribution is 7.61. The number of phosphoric ester groups is 2. The molecule has 8 atom stereocenters. The van der Waals surface area contributed by atoms with Crippen molar-refractivity contribution in [3.63, 3.8) is 0 Å². The molecule has 21 heteroatoms. The average molecular weight is 1040 g/mol. The maximum Gasteiger partial charge on any atom is 0.481 e. The summed E-state index contributed by atoms with van der Waals surface area (Å²) in [5.41, 5.74) is 4.58. The number of aliphatic hydroxyl groups excluding tert-OH is 3. The van der Waals surface area contributed by atoms with Crippen LogP contribution in [-0.2, 0) is 46.3 Å². The first kappa shape index (κ1) is 63.5. The van der Waals surface area contributed by atoms with Crippen molar-refractivity contribution < 1.29 is 71.4 Å². The third-order valence-corrected chi connectivity index (χ3v) is 13.8. The lowest BCUT2D eigenvalue weighted by molar-refractivity contribution is -0.161. The molecule has 404 valence electrons. The first-order valence-corrected chi connectivity index (χ1v) is 28.3. The van der Waals surface area contributed by atoms with Crippen molar-refractivity contribution in [3.8, 4) is 0 Å². The third kappa shape index (κ3) is 30.9. The second kappa shape index (κ2) is 37.2. The van der Waals surface area contributed by atoms with Crippen LogP contribution in [0.4, 0.5) is 5.82 Å². The monoisotopic (exact) mass is 1040 g/mol. The zero-order valence-corrected chi connectivity index (χ0v) is 43.8. The van der Waals surface area contributed by atoms with E-state index in [2.05, 4.69) is 41.4 Å². The van der Waals surface area contributed by atoms with Gasteiger partial charge in [0.1, 0.15) is 30.7 Å². The van der Waals surface area contributed by atoms with Gasteiger partial charge in [0.25, 0.3) is 0 Å². The van der Waals surface area contributed by atoms with Crippen LogP contribution in [0.25, 0.3) is 0 Å². The molecule has 1 aromatic heterocycles. The summed E-state index contributed by atoms with van der Waals surface area (Å²) in [7, 11) is -10.9. The van der Waals surface area contributed by atoms with Crippen molar-refractivity contribution in [1.82, 2.24) is 9.55 Å². The van der Waals surface area contributed by atoms with Crippen molar-refractivity contribution in [1.29, 1.82) is 0 Å². The van der Waals surface area contributed by atoms with Crippen LogP contribution in [-0.4, -0.2) is 96.9 Å². The van der Waals surface area contributed by atoms with Gasteiger partial charge in [0.05, 0.1) is 19.3 Å². The summed E-state index contributed by atoms with van der Waals surface area (Å²) in [6, 6.07) is 1.24. The molecule has 2 heterocycles. The number of ether oxygens (including phenoxy) is 3. The molecule has 0 amide bonds. The second-order valence-electron chi connectivity index (χ2n) is 18.0. The van der Waals surface area contributed by atoms with Crippen molar-refractivity contribution in [2.45, 2.75) is 192 Å². The number of hydrogen-bond donors (Lipinski definition) is 6. The van der Waals surface area contributed by atoms with Gasteiger partial charge in [0.15, 0.2) is 12.3 Å². The van der Waals surface area contributed by atoms with Gasteiger partial charge in [-0.3, -0.25) is 23.2 Å². The molecule has 1 saturated heterocycles. The maximum absolute atomic E-state index is 12.9. The van der Waals surface area contributed by atoms with Gasteiger partial charge in [-0.1, -0.05) is 159 Å². The molecule has 0 saturated carbocycles. The number of aliphatic hydroxyl groups is 3. The summed E-state index contributed by atoms with van der Waals surface area (Å²) >= 11 is 0. The number of carbonyl (C=O) groups is 2. The largest absolute Gasteiger partial charge is 0.481 e. The molecule has 1 aliphatic heterocycles. The molecule has 0 aliphatic carbocycles. The Morgan fingerprint density at radius 3 is 1.94 bits per heavy atom. The van der Waals surface area contributed by atoms with E-state index >= 15 is 0 Å². The quantitative estimate of drug-likeness (QED) is 0.0117. The summed E-state index contributed by atoms with van der Waals surface area (Å²) in [5, 5.41) is 30.4. The number of allylic oxidation sites excluding steroid dienone is 9. The van der Waals surface area contributed by atoms with Crippen molar-refractivity contribution in [2.24, 2.45) is 5.92 Å². The minimum absolute atomic E-state index is 0.0302. The van der Waals surface area contributed by atoms with E-state index < -0.39 is 89.8 Å². The van der Waals surface area contributed by atoms with Crippen LogP contribution in [0, 0.1) is 5.92 Å². The SMILES string of the molecule is CC[C@H](O)/C=C/C=C\C/C=C\C/C=C\C/C=C\CCCC(=O)OC[C@H](COP(=O)(O)OP(=O)(O)OC[C@H]1O[C@@H](n2ccc(N)nc2=O)[C@H](O)[C@@H]1O)OC(=O)CCCCCCCCCCCCCCC(C)C. The van der Waals surface area contributed by atoms with Crippen molar-refractivity contribution in [3.05, 3.63) is 83.5 Å². The van der Waals surface area contributed by atoms with Crippen molar-refractivity contribution in [2.75, 3.05) is 25.6 Å². The highest BCUT2D eigenvalue weighted by atomic mass is 31.3. The smallest absolute Gasteiger partial charge is 0.462 e. The van der Waals surface area contributed by atoms with Crippen LogP contribution in [0.2, 0.25) is 0 Å². The van der Waals surface area contributed by atoms with Gasteiger partial charge < -0.3 is 45.1 Å². The average Bonchev–Trinajstić information content (AvgIpc) is 3.59. The summed E-state index contributed by atoms with van der Waals surface area (Å²) in [6.07, 6.45) is 31.3. The van der Waals surface area contributed by atoms with Gasteiger partial charge in [0.2, 0.25) is 0 Å². The van der Waals surface area contributed by atoms with Crippen LogP contribution < -0.4 is 11.4 Å². The van der Waals surface area contributed by atoms with E-state index in [0.717, 1.165) is 61.6 Å². The predicted molar refractivity (Wildman–Crippen MR) is 271 cm³/mol. The van der Waals surface area contributed by atoms with E-state index in [1.165, 1.54) is 57.4 Å². The van der Waals surface area contributed by atoms with E-state index in [1.54, 1.807) is 6.08 Å². The summed E-state index contributed by atoms with van der Waals surface area (Å²) in [4.78, 5) is 61.9. The number of aromatic nitrogens is 2. The number of carbonyl (C=O) groups excluding carboxylic acids is 2. The lowest BCUT2D eigenvalue weighted by Gasteiger charge is -2.21. The van der Waals surface area contributed by atoms with Gasteiger partial charge in [0, 0.05) is 19.0 Å². The molecule has 2 rings (SSSR count). The normalized spacial score (nSPS) is 20.2. The number of anilines is 1. The van der Waals surface area contributed by atoms with E-state index in [0.29, 0.717) is 25.7 Å². The lowest BCUT2D eigenvalue weighted by atomic mass is 10.0. The first-order chi connectivity index (χ1) is 33.9. The van der Waals surface area contributed by atoms with Crippen LogP contribution >= 0.6 is 15.6 Å². The first-order valence-electron chi connectivity index (χ1n) is 25.3. The fourth-order valence-corrected chi connectivity index (χ4v) is 9.24. The molecule has 1 fully saturated rings. The number of hydrogen-bond acceptors (Lipinski definition) is 16. The Morgan fingerprint density at radius 2 is 1.34 bits per heavy atom. The number of nitrogens with zero attached hydrogens (tertiary/aromatic N) is 2. The molecule has 2 unspecified atom stereocenters. The second-order valence-corrected chi connectivity index (χ2v) is 21.0. The lowest BCUT2D eigenvalue weighted by Crippen LogP contribution is -2.36. The van der Waals surface area contributed by atoms with Crippen LogP contribution in [0.3, 0.4) is 0 Å². The number of unbranched alkanes of at least 4 members (excludes halogenated alkanes) is 12. The van der Waals surface area contributed by atoms with Gasteiger partial charge in [-0.05, 0) is 56.9 Å². The summed E-state index contributed by atoms with van der Waals surface area (Å²) in [6.45, 7) is 4.06. The van der Waals surface area contributed by atoms with Gasteiger partial charge >= 0.3 is 33.3 Å². The van der Waals surface area contributed by atoms with E-state index in [1.807, 2.05) is 43.4 Å². The van der Waals surface area contributed by atoms with E-state index in [9.17, 15) is 48.6 Å². The van der Waals surface area contributed by atoms with Crippen molar-refractivity contribution >= 4 is 33.4 Å². The molecule has 19 nitrogen and oxygen atoms in total. The minimum Gasteiger partial charge on any atom is -0.462 e. The number of phosphoric acid groups is 2. The summed E-state index contributed by atoms with van der Waals surface area (Å²) < 4.78 is 56.7. The van der Waals surface area contributed by atoms with Crippen LogP contribution in [0.5, 0.6) is 0 Å². The Morgan fingerprint density at radius 1 is 0.775 bits per heavy atom. The number of nitrogens with two attached hydrogens (primary N) is 1. The zero-order valence-electron chi connectivity index (χ0n) is 42.0. The number of rotatable bonds is 40. The Bertz CT molecular complexity index is 1960. The molecule has 71 heavy (non-hydrogen) atoms. The Kier molecular flexibility index (Phi) is 33.3. The Balaban J connectivity index is 1.83. The number of esters is 2. The number of nitrogen functional groups attached to an aromatic ring is 1. The molecule has 0 radical (unpaired) electrons. The molecular weight excluding hydrogens is 961 g/mol. The Hall–Kier alpha value is -3.58. The van der Waals surface area contributed by atoms with E-state index in [-0.39, 0.29) is 18.7 Å². The van der Waals surface area contributed by atoms with Crippen LogP contribution in [0.15, 0.2) is 77.8 Å². The predicted octanol–water partition coefficient (Wildman–Crippen LogP) is 9.16. The third-order valence-electron chi connectivity index (χ3n) is 11.2. The molecule has 0 spiro atoms. The fourth-order valence-electron chi connectivity index (χ4n) is 7.13. The van der Waals surface area contributed by atoms with Gasteiger partial charge in [-0.15, -0.1) is 0 Å². The Labute approximate surface area is 420 Å². The highest BCUT2D eigenvalue weighted by Gasteiger charge is 2.46. The highest BCUT2D eigenvalue weighted by Crippen LogP contribution is 2.60. The summed E-state index contributed by atoms with van der Waals surface area (Å²) in [5.74, 6) is -0.624. The fraction of sp³-hybridized carbons (Fsp3) is 0.680. The molecule has 1 aromatic rings. The molecule has 0 aromatic carbocycles. The van der Waals surface area contributed by atoms with E-state index in [4.69, 9.17) is 29.0 Å². The molecule has 7 N–H and O–H groups in total. The molecule has 1 aliphatic rings.